The van der Waals surface area contributed by atoms with Crippen molar-refractivity contribution in [1.29, 1.82) is 0 Å². The van der Waals surface area contributed by atoms with Crippen molar-refractivity contribution in [3.63, 3.8) is 0 Å². The van der Waals surface area contributed by atoms with E-state index in [0.717, 1.165) is 21.8 Å². The first-order valence-corrected chi connectivity index (χ1v) is 8.34. The van der Waals surface area contributed by atoms with Gasteiger partial charge in [-0.15, -0.1) is 0 Å². The van der Waals surface area contributed by atoms with Crippen LogP contribution in [0.25, 0.3) is 0 Å². The molecule has 0 unspecified atom stereocenters. The third-order valence-corrected chi connectivity index (χ3v) is 4.65. The van der Waals surface area contributed by atoms with Crippen LogP contribution in [0.5, 0.6) is 11.5 Å². The first-order chi connectivity index (χ1) is 10.3. The molecule has 0 saturated heterocycles. The summed E-state index contributed by atoms with van der Waals surface area (Å²) >= 11 is 2.08. The van der Waals surface area contributed by atoms with Crippen molar-refractivity contribution in [3.05, 3.63) is 56.1 Å². The molecule has 7 nitrogen and oxygen atoms in total. The number of nitrogens with zero attached hydrogens (tertiary/aromatic N) is 1. The fraction of sp³-hybridized carbons (Fsp3) is 0.0769. The van der Waals surface area contributed by atoms with E-state index in [-0.39, 0.29) is 22.1 Å². The van der Waals surface area contributed by atoms with E-state index in [1.165, 1.54) is 19.2 Å². The highest BCUT2D eigenvalue weighted by Gasteiger charge is 2.24. The van der Waals surface area contributed by atoms with E-state index in [2.05, 4.69) is 22.6 Å². The van der Waals surface area contributed by atoms with Crippen LogP contribution in [-0.2, 0) is 10.1 Å². The van der Waals surface area contributed by atoms with Gasteiger partial charge in [0.15, 0.2) is 0 Å². The minimum atomic E-state index is -4.16. The van der Waals surface area contributed by atoms with Crippen LogP contribution in [0.4, 0.5) is 5.69 Å². The lowest BCUT2D eigenvalue weighted by atomic mass is 10.3. The van der Waals surface area contributed by atoms with Crippen LogP contribution in [0.3, 0.4) is 0 Å². The quantitative estimate of drug-likeness (QED) is 0.310. The first kappa shape index (κ1) is 16.5. The Morgan fingerprint density at radius 3 is 2.32 bits per heavy atom. The van der Waals surface area contributed by atoms with E-state index in [4.69, 9.17) is 8.92 Å². The lowest BCUT2D eigenvalue weighted by Gasteiger charge is -2.10. The van der Waals surface area contributed by atoms with Gasteiger partial charge in [-0.2, -0.15) is 8.42 Å². The Hall–Kier alpha value is -1.88. The fourth-order valence-electron chi connectivity index (χ4n) is 1.64. The molecular weight excluding hydrogens is 425 g/mol. The van der Waals surface area contributed by atoms with Gasteiger partial charge in [-0.25, -0.2) is 0 Å². The van der Waals surface area contributed by atoms with Crippen molar-refractivity contribution < 1.29 is 22.3 Å². The number of rotatable bonds is 5. The molecule has 2 aromatic carbocycles. The van der Waals surface area contributed by atoms with Crippen LogP contribution in [0.2, 0.25) is 0 Å². The van der Waals surface area contributed by atoms with Crippen molar-refractivity contribution in [2.24, 2.45) is 0 Å². The molecule has 0 N–H and O–H groups in total. The highest BCUT2D eigenvalue weighted by atomic mass is 127. The second-order valence-electron chi connectivity index (χ2n) is 4.08. The highest BCUT2D eigenvalue weighted by molar-refractivity contribution is 14.1. The molecule has 0 fully saturated rings. The van der Waals surface area contributed by atoms with Crippen LogP contribution in [0, 0.1) is 13.7 Å². The number of nitro benzene ring substituents is 1. The summed E-state index contributed by atoms with van der Waals surface area (Å²) in [6.45, 7) is 0. The average Bonchev–Trinajstić information content (AvgIpc) is 2.48. The van der Waals surface area contributed by atoms with E-state index >= 15 is 0 Å². The number of halogens is 1. The fourth-order valence-corrected chi connectivity index (χ4v) is 3.08. The normalized spacial score (nSPS) is 11.0. The molecule has 0 heterocycles. The van der Waals surface area contributed by atoms with Crippen molar-refractivity contribution in [3.8, 4) is 11.5 Å². The van der Waals surface area contributed by atoms with Crippen molar-refractivity contribution in [2.45, 2.75) is 4.90 Å². The van der Waals surface area contributed by atoms with Gasteiger partial charge in [-0.05, 0) is 52.9 Å². The zero-order valence-electron chi connectivity index (χ0n) is 11.2. The molecule has 0 aromatic heterocycles. The lowest BCUT2D eigenvalue weighted by molar-refractivity contribution is -0.385. The van der Waals surface area contributed by atoms with Gasteiger partial charge in [0.2, 0.25) is 0 Å². The van der Waals surface area contributed by atoms with Crippen LogP contribution < -0.4 is 8.92 Å². The van der Waals surface area contributed by atoms with Gasteiger partial charge in [0.1, 0.15) is 16.4 Å². The molecule has 2 rings (SSSR count). The SMILES string of the molecule is COc1cc([N+](=O)[O-])ccc1S(=O)(=O)Oc1ccc(I)cc1. The van der Waals surface area contributed by atoms with Crippen LogP contribution in [0.15, 0.2) is 47.4 Å². The summed E-state index contributed by atoms with van der Waals surface area (Å²) in [7, 11) is -2.94. The Bertz CT molecular complexity index is 804. The number of benzene rings is 2. The molecule has 116 valence electrons. The minimum Gasteiger partial charge on any atom is -0.495 e. The van der Waals surface area contributed by atoms with E-state index in [9.17, 15) is 18.5 Å². The minimum absolute atomic E-state index is 0.140. The Balaban J connectivity index is 2.40. The Morgan fingerprint density at radius 1 is 1.14 bits per heavy atom. The number of hydrogen-bond acceptors (Lipinski definition) is 6. The smallest absolute Gasteiger partial charge is 0.342 e. The third-order valence-electron chi connectivity index (χ3n) is 2.65. The Morgan fingerprint density at radius 2 is 1.77 bits per heavy atom. The number of non-ortho nitro benzene ring substituents is 1. The topological polar surface area (TPSA) is 95.7 Å². The van der Waals surface area contributed by atoms with Gasteiger partial charge in [-0.3, -0.25) is 10.1 Å². The predicted molar refractivity (Wildman–Crippen MR) is 86.6 cm³/mol. The van der Waals surface area contributed by atoms with Crippen LogP contribution in [-0.4, -0.2) is 20.5 Å². The summed E-state index contributed by atoms with van der Waals surface area (Å²) in [6.07, 6.45) is 0. The number of ether oxygens (including phenoxy) is 1. The molecule has 9 heteroatoms. The van der Waals surface area contributed by atoms with Gasteiger partial charge in [0.25, 0.3) is 5.69 Å². The first-order valence-electron chi connectivity index (χ1n) is 5.86. The van der Waals surface area contributed by atoms with E-state index in [1.807, 2.05) is 0 Å². The van der Waals surface area contributed by atoms with Gasteiger partial charge < -0.3 is 8.92 Å². The Labute approximate surface area is 140 Å². The maximum absolute atomic E-state index is 12.3. The molecule has 0 saturated carbocycles. The van der Waals surface area contributed by atoms with Gasteiger partial charge in [0, 0.05) is 9.64 Å². The lowest BCUT2D eigenvalue weighted by Crippen LogP contribution is -2.11. The maximum Gasteiger partial charge on any atom is 0.342 e. The molecule has 0 atom stereocenters. The van der Waals surface area contributed by atoms with Gasteiger partial charge >= 0.3 is 10.1 Å². The maximum atomic E-state index is 12.3. The third kappa shape index (κ3) is 3.65. The standard InChI is InChI=1S/C13H10INO6S/c1-20-12-8-10(15(16)17)4-7-13(12)22(18,19)21-11-5-2-9(14)3-6-11/h2-8H,1H3. The van der Waals surface area contributed by atoms with E-state index < -0.39 is 15.0 Å². The van der Waals surface area contributed by atoms with E-state index in [0.29, 0.717) is 0 Å². The molecule has 0 bridgehead atoms. The van der Waals surface area contributed by atoms with Gasteiger partial charge in [-0.1, -0.05) is 0 Å². The molecule has 22 heavy (non-hydrogen) atoms. The summed E-state index contributed by atoms with van der Waals surface area (Å²) in [6, 6.07) is 9.60. The monoisotopic (exact) mass is 435 g/mol. The molecule has 0 amide bonds. The highest BCUT2D eigenvalue weighted by Crippen LogP contribution is 2.30. The average molecular weight is 435 g/mol. The largest absolute Gasteiger partial charge is 0.495 e. The molecular formula is C13H10INO6S. The number of methoxy groups -OCH3 is 1. The summed E-state index contributed by atoms with van der Waals surface area (Å²) in [5.74, 6) is -0.0134. The molecule has 0 radical (unpaired) electrons. The van der Waals surface area contributed by atoms with Gasteiger partial charge in [0.05, 0.1) is 18.1 Å². The summed E-state index contributed by atoms with van der Waals surface area (Å²) in [5.41, 5.74) is -0.273. The molecule has 0 aliphatic rings. The predicted octanol–water partition coefficient (Wildman–Crippen LogP) is 2.98. The Kier molecular flexibility index (Phi) is 4.86. The van der Waals surface area contributed by atoms with E-state index in [1.54, 1.807) is 12.1 Å². The second-order valence-corrected chi connectivity index (χ2v) is 6.84. The van der Waals surface area contributed by atoms with Crippen molar-refractivity contribution in [2.75, 3.05) is 7.11 Å². The molecule has 2 aromatic rings. The molecule has 0 aliphatic carbocycles. The summed E-state index contributed by atoms with van der Waals surface area (Å²) in [5, 5.41) is 10.7. The zero-order valence-corrected chi connectivity index (χ0v) is 14.2. The molecule has 0 spiro atoms. The van der Waals surface area contributed by atoms with Crippen LogP contribution >= 0.6 is 22.6 Å². The second kappa shape index (κ2) is 6.48. The summed E-state index contributed by atoms with van der Waals surface area (Å²) < 4.78 is 35.4. The van der Waals surface area contributed by atoms with Crippen LogP contribution in [0.1, 0.15) is 0 Å². The molecule has 0 aliphatic heterocycles. The number of nitro groups is 1. The zero-order chi connectivity index (χ0) is 16.3. The summed E-state index contributed by atoms with van der Waals surface area (Å²) in [4.78, 5) is 9.80. The van der Waals surface area contributed by atoms with Crippen molar-refractivity contribution >= 4 is 38.4 Å². The number of hydrogen-bond donors (Lipinski definition) is 0. The van der Waals surface area contributed by atoms with Crippen molar-refractivity contribution in [1.82, 2.24) is 0 Å².